The number of rotatable bonds is 4. The highest BCUT2D eigenvalue weighted by Gasteiger charge is 2.47. The Hall–Kier alpha value is -1.55. The Morgan fingerprint density at radius 2 is 1.89 bits per heavy atom. The van der Waals surface area contributed by atoms with E-state index < -0.39 is 0 Å². The Bertz CT molecular complexity index is 454. The lowest BCUT2D eigenvalue weighted by molar-refractivity contribution is -0.115. The molecule has 0 bridgehead atoms. The highest BCUT2D eigenvalue weighted by Crippen LogP contribution is 2.42. The summed E-state index contributed by atoms with van der Waals surface area (Å²) in [5.41, 5.74) is 1.74. The number of aliphatic hydroxyl groups is 1. The molecule has 0 spiro atoms. The molecule has 4 heteroatoms. The van der Waals surface area contributed by atoms with E-state index >= 15 is 0 Å². The number of nitrogens with one attached hydrogen (secondary N) is 2. The van der Waals surface area contributed by atoms with Crippen molar-refractivity contribution >= 4 is 17.3 Å². The fraction of sp³-hybridized carbons (Fsp3) is 0.533. The number of benzene rings is 1. The number of aliphatic hydroxyl groups excluding tert-OH is 1. The van der Waals surface area contributed by atoms with Gasteiger partial charge in [-0.1, -0.05) is 20.8 Å². The molecular weight excluding hydrogens is 240 g/mol. The summed E-state index contributed by atoms with van der Waals surface area (Å²) in [6.07, 6.45) is 1.03. The van der Waals surface area contributed by atoms with Crippen molar-refractivity contribution in [3.8, 4) is 0 Å². The first-order valence-electron chi connectivity index (χ1n) is 6.78. The van der Waals surface area contributed by atoms with Gasteiger partial charge in [0.15, 0.2) is 0 Å². The molecule has 1 saturated carbocycles. The minimum atomic E-state index is -0.229. The van der Waals surface area contributed by atoms with E-state index in [4.69, 9.17) is 0 Å². The second-order valence-corrected chi connectivity index (χ2v) is 5.75. The predicted octanol–water partition coefficient (Wildman–Crippen LogP) is 2.61. The highest BCUT2D eigenvalue weighted by atomic mass is 16.3. The predicted molar refractivity (Wildman–Crippen MR) is 77.2 cm³/mol. The van der Waals surface area contributed by atoms with Gasteiger partial charge in [-0.05, 0) is 30.7 Å². The van der Waals surface area contributed by atoms with Crippen LogP contribution < -0.4 is 10.6 Å². The molecule has 4 nitrogen and oxygen atoms in total. The molecule has 104 valence electrons. The first kappa shape index (κ1) is 13.9. The van der Waals surface area contributed by atoms with Crippen LogP contribution in [0.1, 0.15) is 33.6 Å². The molecule has 0 aromatic heterocycles. The van der Waals surface area contributed by atoms with Crippen molar-refractivity contribution in [2.45, 2.75) is 45.8 Å². The first-order valence-corrected chi connectivity index (χ1v) is 6.78. The monoisotopic (exact) mass is 262 g/mol. The van der Waals surface area contributed by atoms with Crippen molar-refractivity contribution in [1.29, 1.82) is 0 Å². The van der Waals surface area contributed by atoms with Gasteiger partial charge in [0, 0.05) is 29.3 Å². The summed E-state index contributed by atoms with van der Waals surface area (Å²) < 4.78 is 0. The van der Waals surface area contributed by atoms with Gasteiger partial charge < -0.3 is 15.7 Å². The molecule has 2 atom stereocenters. The maximum atomic E-state index is 11.3. The molecule has 2 rings (SSSR count). The molecule has 0 radical (unpaired) electrons. The van der Waals surface area contributed by atoms with Gasteiger partial charge in [-0.3, -0.25) is 4.79 Å². The van der Waals surface area contributed by atoms with Crippen LogP contribution in [0.5, 0.6) is 0 Å². The summed E-state index contributed by atoms with van der Waals surface area (Å²) >= 11 is 0. The summed E-state index contributed by atoms with van der Waals surface area (Å²) in [7, 11) is 0. The van der Waals surface area contributed by atoms with E-state index in [1.54, 1.807) is 0 Å². The normalized spacial score (nSPS) is 24.4. The Balaban J connectivity index is 1.94. The first-order chi connectivity index (χ1) is 8.93. The quantitative estimate of drug-likeness (QED) is 0.781. The zero-order chi connectivity index (χ0) is 14.0. The zero-order valence-electron chi connectivity index (χ0n) is 11.7. The number of carbonyl (C=O) groups is 1. The molecule has 2 unspecified atom stereocenters. The minimum Gasteiger partial charge on any atom is -0.392 e. The smallest absolute Gasteiger partial charge is 0.224 e. The second-order valence-electron chi connectivity index (χ2n) is 5.75. The zero-order valence-corrected chi connectivity index (χ0v) is 11.7. The highest BCUT2D eigenvalue weighted by molar-refractivity contribution is 5.90. The third kappa shape index (κ3) is 2.89. The lowest BCUT2D eigenvalue weighted by Gasteiger charge is -2.49. The third-order valence-electron chi connectivity index (χ3n) is 4.05. The molecular formula is C15H22N2O2. The lowest BCUT2D eigenvalue weighted by Crippen LogP contribution is -2.56. The maximum Gasteiger partial charge on any atom is 0.224 e. The lowest BCUT2D eigenvalue weighted by atomic mass is 9.64. The van der Waals surface area contributed by atoms with Crippen LogP contribution in [-0.2, 0) is 4.79 Å². The van der Waals surface area contributed by atoms with Crippen LogP contribution in [0.25, 0.3) is 0 Å². The topological polar surface area (TPSA) is 61.4 Å². The van der Waals surface area contributed by atoms with Crippen molar-refractivity contribution in [1.82, 2.24) is 0 Å². The third-order valence-corrected chi connectivity index (χ3v) is 4.05. The fourth-order valence-electron chi connectivity index (χ4n) is 2.25. The molecule has 1 aromatic carbocycles. The van der Waals surface area contributed by atoms with E-state index in [1.165, 1.54) is 0 Å². The van der Waals surface area contributed by atoms with Gasteiger partial charge in [0.1, 0.15) is 0 Å². The van der Waals surface area contributed by atoms with Gasteiger partial charge >= 0.3 is 0 Å². The number of hydrogen-bond donors (Lipinski definition) is 3. The van der Waals surface area contributed by atoms with Crippen molar-refractivity contribution in [3.05, 3.63) is 24.3 Å². The summed E-state index contributed by atoms with van der Waals surface area (Å²) in [5.74, 6) is 0.0176. The van der Waals surface area contributed by atoms with Gasteiger partial charge in [-0.2, -0.15) is 0 Å². The molecule has 1 amide bonds. The van der Waals surface area contributed by atoms with E-state index in [0.717, 1.165) is 17.8 Å². The van der Waals surface area contributed by atoms with Crippen LogP contribution in [0.15, 0.2) is 24.3 Å². The molecule has 3 N–H and O–H groups in total. The number of hydrogen-bond acceptors (Lipinski definition) is 3. The second kappa shape index (κ2) is 5.21. The van der Waals surface area contributed by atoms with E-state index in [1.807, 2.05) is 31.2 Å². The summed E-state index contributed by atoms with van der Waals surface area (Å²) in [6, 6.07) is 7.97. The van der Waals surface area contributed by atoms with E-state index in [9.17, 15) is 9.90 Å². The van der Waals surface area contributed by atoms with Gasteiger partial charge in [0.05, 0.1) is 6.10 Å². The Labute approximate surface area is 114 Å². The Morgan fingerprint density at radius 3 is 2.37 bits per heavy atom. The maximum absolute atomic E-state index is 11.3. The van der Waals surface area contributed by atoms with E-state index in [2.05, 4.69) is 24.5 Å². The fourth-order valence-corrected chi connectivity index (χ4v) is 2.25. The summed E-state index contributed by atoms with van der Waals surface area (Å²) in [6.45, 7) is 5.96. The SMILES string of the molecule is CCC(=O)Nc1ccc(NC2CC(O)C2(C)C)cc1. The van der Waals surface area contributed by atoms with Gasteiger partial charge in [-0.25, -0.2) is 0 Å². The van der Waals surface area contributed by atoms with Crippen LogP contribution in [-0.4, -0.2) is 23.2 Å². The van der Waals surface area contributed by atoms with Crippen LogP contribution in [0.3, 0.4) is 0 Å². The van der Waals surface area contributed by atoms with Crippen LogP contribution >= 0.6 is 0 Å². The number of anilines is 2. The summed E-state index contributed by atoms with van der Waals surface area (Å²) in [5, 5.41) is 15.9. The molecule has 1 aliphatic rings. The molecule has 1 aromatic rings. The van der Waals surface area contributed by atoms with Crippen molar-refractivity contribution in [2.24, 2.45) is 5.41 Å². The molecule has 19 heavy (non-hydrogen) atoms. The number of amides is 1. The molecule has 0 saturated heterocycles. The van der Waals surface area contributed by atoms with E-state index in [0.29, 0.717) is 12.5 Å². The molecule has 1 fully saturated rings. The average Bonchev–Trinajstić information content (AvgIpc) is 2.40. The minimum absolute atomic E-state index is 0.0176. The molecule has 1 aliphatic carbocycles. The van der Waals surface area contributed by atoms with Gasteiger partial charge in [-0.15, -0.1) is 0 Å². The molecule has 0 heterocycles. The van der Waals surface area contributed by atoms with E-state index in [-0.39, 0.29) is 17.4 Å². The van der Waals surface area contributed by atoms with Crippen LogP contribution in [0.2, 0.25) is 0 Å². The van der Waals surface area contributed by atoms with Gasteiger partial charge in [0.25, 0.3) is 0 Å². The standard InChI is InChI=1S/C15H22N2O2/c1-4-14(19)17-11-7-5-10(6-8-11)16-12-9-13(18)15(12,2)3/h5-8,12-13,16,18H,4,9H2,1-3H3,(H,17,19). The molecule has 0 aliphatic heterocycles. The van der Waals surface area contributed by atoms with Crippen molar-refractivity contribution < 1.29 is 9.90 Å². The average molecular weight is 262 g/mol. The Morgan fingerprint density at radius 1 is 1.32 bits per heavy atom. The van der Waals surface area contributed by atoms with Crippen molar-refractivity contribution in [2.75, 3.05) is 10.6 Å². The van der Waals surface area contributed by atoms with Gasteiger partial charge in [0.2, 0.25) is 5.91 Å². The van der Waals surface area contributed by atoms with Crippen molar-refractivity contribution in [3.63, 3.8) is 0 Å². The number of carbonyl (C=O) groups excluding carboxylic acids is 1. The largest absolute Gasteiger partial charge is 0.392 e. The van der Waals surface area contributed by atoms with Crippen LogP contribution in [0, 0.1) is 5.41 Å². The van der Waals surface area contributed by atoms with Crippen LogP contribution in [0.4, 0.5) is 11.4 Å². The summed E-state index contributed by atoms with van der Waals surface area (Å²) in [4.78, 5) is 11.3. The Kier molecular flexibility index (Phi) is 3.80.